The van der Waals surface area contributed by atoms with Gasteiger partial charge in [-0.15, -0.1) is 0 Å². The van der Waals surface area contributed by atoms with Crippen LogP contribution in [0.3, 0.4) is 0 Å². The molecule has 0 saturated carbocycles. The van der Waals surface area contributed by atoms with Gasteiger partial charge in [-0.05, 0) is 11.8 Å². The Balaban J connectivity index is 2.53. The van der Waals surface area contributed by atoms with E-state index in [1.54, 1.807) is 0 Å². The first-order valence-corrected chi connectivity index (χ1v) is 6.95. The van der Waals surface area contributed by atoms with E-state index in [0.29, 0.717) is 0 Å². The van der Waals surface area contributed by atoms with Crippen molar-refractivity contribution in [3.05, 3.63) is 12.4 Å². The van der Waals surface area contributed by atoms with Crippen molar-refractivity contribution in [2.24, 2.45) is 0 Å². The van der Waals surface area contributed by atoms with Gasteiger partial charge in [0.15, 0.2) is 0 Å². The van der Waals surface area contributed by atoms with Crippen molar-refractivity contribution < 1.29 is 21.6 Å². The molecule has 1 aromatic rings. The zero-order valence-electron chi connectivity index (χ0n) is 8.81. The van der Waals surface area contributed by atoms with Gasteiger partial charge in [-0.3, -0.25) is 0 Å². The average molecular weight is 302 g/mol. The quantitative estimate of drug-likeness (QED) is 0.773. The van der Waals surface area contributed by atoms with Crippen molar-refractivity contribution in [1.29, 1.82) is 0 Å². The van der Waals surface area contributed by atoms with E-state index in [1.807, 2.05) is 4.72 Å². The van der Waals surface area contributed by atoms with Crippen LogP contribution in [0.25, 0.3) is 0 Å². The Morgan fingerprint density at radius 3 is 2.39 bits per heavy atom. The highest BCUT2D eigenvalue weighted by Gasteiger charge is 2.27. The number of halogens is 3. The molecule has 0 aliphatic carbocycles. The fourth-order valence-electron chi connectivity index (χ4n) is 0.891. The van der Waals surface area contributed by atoms with E-state index < -0.39 is 21.3 Å². The van der Waals surface area contributed by atoms with Gasteiger partial charge in [-0.1, -0.05) is 0 Å². The maximum atomic E-state index is 11.8. The summed E-state index contributed by atoms with van der Waals surface area (Å²) in [7, 11) is -3.91. The lowest BCUT2D eigenvalue weighted by atomic mass is 10.7. The number of rotatable bonds is 5. The van der Waals surface area contributed by atoms with Gasteiger partial charge in [-0.25, -0.2) is 23.1 Å². The maximum Gasteiger partial charge on any atom is 0.441 e. The summed E-state index contributed by atoms with van der Waals surface area (Å²) in [4.78, 5) is 6.69. The zero-order chi connectivity index (χ0) is 13.8. The van der Waals surface area contributed by atoms with Gasteiger partial charge in [0, 0.05) is 12.3 Å². The van der Waals surface area contributed by atoms with E-state index in [9.17, 15) is 21.6 Å². The molecule has 0 bridgehead atoms. The molecular weight excluding hydrogens is 293 g/mol. The molecule has 1 rings (SSSR count). The molecule has 3 N–H and O–H groups in total. The van der Waals surface area contributed by atoms with Crippen molar-refractivity contribution in [2.75, 3.05) is 18.0 Å². The SMILES string of the molecule is Nc1ncc(S(=O)(=O)NCCSC(F)(F)F)cn1. The maximum absolute atomic E-state index is 11.8. The Kier molecular flexibility index (Phi) is 4.76. The lowest BCUT2D eigenvalue weighted by Crippen LogP contribution is -2.27. The van der Waals surface area contributed by atoms with Crippen molar-refractivity contribution >= 4 is 27.7 Å². The number of nitrogens with zero attached hydrogens (tertiary/aromatic N) is 2. The molecule has 0 aliphatic rings. The van der Waals surface area contributed by atoms with Crippen LogP contribution >= 0.6 is 11.8 Å². The van der Waals surface area contributed by atoms with Gasteiger partial charge in [0.2, 0.25) is 16.0 Å². The summed E-state index contributed by atoms with van der Waals surface area (Å²) >= 11 is -0.306. The van der Waals surface area contributed by atoms with Crippen molar-refractivity contribution in [3.63, 3.8) is 0 Å². The fourth-order valence-corrected chi connectivity index (χ4v) is 2.38. The van der Waals surface area contributed by atoms with Crippen LogP contribution in [0.4, 0.5) is 19.1 Å². The Morgan fingerprint density at radius 1 is 1.33 bits per heavy atom. The number of alkyl halides is 3. The first-order valence-electron chi connectivity index (χ1n) is 4.48. The largest absolute Gasteiger partial charge is 0.441 e. The van der Waals surface area contributed by atoms with Gasteiger partial charge in [-0.2, -0.15) is 13.2 Å². The second-order valence-corrected chi connectivity index (χ2v) is 5.90. The van der Waals surface area contributed by atoms with E-state index in [4.69, 9.17) is 5.73 Å². The van der Waals surface area contributed by atoms with E-state index >= 15 is 0 Å². The highest BCUT2D eigenvalue weighted by atomic mass is 32.2. The first-order chi connectivity index (χ1) is 8.21. The molecule has 0 radical (unpaired) electrons. The summed E-state index contributed by atoms with van der Waals surface area (Å²) in [6.45, 7) is -0.350. The molecule has 0 aliphatic heterocycles. The first kappa shape index (κ1) is 15.0. The molecule has 0 unspecified atom stereocenters. The summed E-state index contributed by atoms with van der Waals surface area (Å²) in [6.07, 6.45) is 1.95. The minimum atomic E-state index is -4.38. The minimum Gasteiger partial charge on any atom is -0.368 e. The van der Waals surface area contributed by atoms with Crippen LogP contribution in [0.1, 0.15) is 0 Å². The topological polar surface area (TPSA) is 98.0 Å². The minimum absolute atomic E-state index is 0.0958. The van der Waals surface area contributed by atoms with Gasteiger partial charge in [0.1, 0.15) is 4.90 Å². The number of hydrogen-bond donors (Lipinski definition) is 2. The van der Waals surface area contributed by atoms with E-state index in [0.717, 1.165) is 12.4 Å². The predicted molar refractivity (Wildman–Crippen MR) is 60.1 cm³/mol. The molecule has 0 amide bonds. The summed E-state index contributed by atoms with van der Waals surface area (Å²) < 4.78 is 60.5. The second-order valence-electron chi connectivity index (χ2n) is 2.97. The Morgan fingerprint density at radius 2 is 1.89 bits per heavy atom. The van der Waals surface area contributed by atoms with E-state index in [-0.39, 0.29) is 29.2 Å². The van der Waals surface area contributed by atoms with Crippen molar-refractivity contribution in [3.8, 4) is 0 Å². The zero-order valence-corrected chi connectivity index (χ0v) is 10.4. The normalized spacial score (nSPS) is 12.6. The lowest BCUT2D eigenvalue weighted by molar-refractivity contribution is -0.0327. The number of hydrogen-bond acceptors (Lipinski definition) is 6. The van der Waals surface area contributed by atoms with Crippen molar-refractivity contribution in [1.82, 2.24) is 14.7 Å². The smallest absolute Gasteiger partial charge is 0.368 e. The molecule has 11 heteroatoms. The van der Waals surface area contributed by atoms with Gasteiger partial charge >= 0.3 is 5.51 Å². The number of anilines is 1. The molecule has 102 valence electrons. The third-order valence-electron chi connectivity index (χ3n) is 1.62. The van der Waals surface area contributed by atoms with E-state index in [1.165, 1.54) is 0 Å². The molecule has 0 aromatic carbocycles. The summed E-state index contributed by atoms with van der Waals surface area (Å²) in [5, 5.41) is 0. The lowest BCUT2D eigenvalue weighted by Gasteiger charge is -2.07. The number of thioether (sulfide) groups is 1. The number of nitrogen functional groups attached to an aromatic ring is 1. The van der Waals surface area contributed by atoms with Crippen LogP contribution in [0, 0.1) is 0 Å². The highest BCUT2D eigenvalue weighted by molar-refractivity contribution is 8.00. The van der Waals surface area contributed by atoms with Gasteiger partial charge in [0.05, 0.1) is 12.4 Å². The van der Waals surface area contributed by atoms with Gasteiger partial charge in [0.25, 0.3) is 0 Å². The molecule has 6 nitrogen and oxygen atoms in total. The van der Waals surface area contributed by atoms with Crippen LogP contribution in [-0.2, 0) is 10.0 Å². The number of nitrogens with one attached hydrogen (secondary N) is 1. The van der Waals surface area contributed by atoms with Crippen LogP contribution in [-0.4, -0.2) is 36.2 Å². The second kappa shape index (κ2) is 5.71. The highest BCUT2D eigenvalue weighted by Crippen LogP contribution is 2.29. The third-order valence-corrected chi connectivity index (χ3v) is 3.77. The molecule has 18 heavy (non-hydrogen) atoms. The number of nitrogens with two attached hydrogens (primary N) is 1. The predicted octanol–water partition coefficient (Wildman–Crippen LogP) is 0.590. The van der Waals surface area contributed by atoms with Crippen LogP contribution in [0.2, 0.25) is 0 Å². The Hall–Kier alpha value is -1.07. The van der Waals surface area contributed by atoms with E-state index in [2.05, 4.69) is 9.97 Å². The fraction of sp³-hybridized carbons (Fsp3) is 0.429. The molecule has 0 fully saturated rings. The summed E-state index contributed by atoms with van der Waals surface area (Å²) in [6, 6.07) is 0. The molecule has 0 saturated heterocycles. The Bertz CT molecular complexity index is 488. The summed E-state index contributed by atoms with van der Waals surface area (Å²) in [5.74, 6) is -0.514. The summed E-state index contributed by atoms with van der Waals surface area (Å²) in [5.41, 5.74) is 0.794. The molecular formula is C7H9F3N4O2S2. The van der Waals surface area contributed by atoms with Crippen molar-refractivity contribution in [2.45, 2.75) is 10.4 Å². The molecule has 0 atom stereocenters. The molecule has 0 spiro atoms. The number of aromatic nitrogens is 2. The number of sulfonamides is 1. The van der Waals surface area contributed by atoms with Crippen LogP contribution in [0.15, 0.2) is 17.3 Å². The standard InChI is InChI=1S/C7H9F3N4O2S2/c8-7(9,10)17-2-1-14-18(15,16)5-3-12-6(11)13-4-5/h3-4,14H,1-2H2,(H2,11,12,13). The Labute approximate surface area is 105 Å². The van der Waals surface area contributed by atoms with Crippen LogP contribution in [0.5, 0.6) is 0 Å². The monoisotopic (exact) mass is 302 g/mol. The van der Waals surface area contributed by atoms with Gasteiger partial charge < -0.3 is 5.73 Å². The third kappa shape index (κ3) is 5.06. The molecule has 1 aromatic heterocycles. The molecule has 1 heterocycles. The average Bonchev–Trinajstić information content (AvgIpc) is 2.24. The van der Waals surface area contributed by atoms with Crippen LogP contribution < -0.4 is 10.5 Å².